The minimum absolute atomic E-state index is 0.00705. The van der Waals surface area contributed by atoms with Crippen molar-refractivity contribution in [3.63, 3.8) is 0 Å². The van der Waals surface area contributed by atoms with E-state index in [1.807, 2.05) is 6.92 Å². The molecule has 0 radical (unpaired) electrons. The smallest absolute Gasteiger partial charge is 0.389 e. The van der Waals surface area contributed by atoms with Crippen LogP contribution in [-0.4, -0.2) is 21.3 Å². The molecule has 0 aliphatic rings. The van der Waals surface area contributed by atoms with Crippen molar-refractivity contribution in [3.8, 4) is 5.75 Å². The standard InChI is InChI=1S/C14H15F3N2O/c1-8-5-6-11(20)12-10(4-3-7-14(15,16)17)18-9(2)19-13(8)12/h5-6,20H,3-4,7H2,1-2H3. The molecular weight excluding hydrogens is 269 g/mol. The second kappa shape index (κ2) is 5.26. The quantitative estimate of drug-likeness (QED) is 0.931. The lowest BCUT2D eigenvalue weighted by atomic mass is 10.0. The fourth-order valence-electron chi connectivity index (χ4n) is 2.19. The summed E-state index contributed by atoms with van der Waals surface area (Å²) in [4.78, 5) is 8.44. The van der Waals surface area contributed by atoms with E-state index in [9.17, 15) is 18.3 Å². The summed E-state index contributed by atoms with van der Waals surface area (Å²) < 4.78 is 36.6. The number of benzene rings is 1. The van der Waals surface area contributed by atoms with Crippen LogP contribution in [0.15, 0.2) is 12.1 Å². The van der Waals surface area contributed by atoms with E-state index in [2.05, 4.69) is 9.97 Å². The van der Waals surface area contributed by atoms with Gasteiger partial charge >= 0.3 is 6.18 Å². The van der Waals surface area contributed by atoms with Crippen LogP contribution in [-0.2, 0) is 6.42 Å². The number of halogens is 3. The summed E-state index contributed by atoms with van der Waals surface area (Å²) in [6, 6.07) is 3.24. The minimum Gasteiger partial charge on any atom is -0.507 e. The summed E-state index contributed by atoms with van der Waals surface area (Å²) in [5.74, 6) is 0.501. The lowest BCUT2D eigenvalue weighted by Gasteiger charge is -2.11. The van der Waals surface area contributed by atoms with Crippen molar-refractivity contribution < 1.29 is 18.3 Å². The predicted octanol–water partition coefficient (Wildman–Crippen LogP) is 3.84. The van der Waals surface area contributed by atoms with Gasteiger partial charge in [0.1, 0.15) is 11.6 Å². The van der Waals surface area contributed by atoms with Crippen LogP contribution in [0.1, 0.15) is 29.9 Å². The van der Waals surface area contributed by atoms with E-state index in [-0.39, 0.29) is 18.6 Å². The zero-order valence-corrected chi connectivity index (χ0v) is 11.3. The molecule has 0 unspecified atom stereocenters. The maximum atomic E-state index is 12.2. The van der Waals surface area contributed by atoms with Crippen molar-refractivity contribution in [2.45, 2.75) is 39.3 Å². The number of aromatic hydroxyl groups is 1. The molecule has 0 atom stereocenters. The molecule has 108 valence electrons. The first-order chi connectivity index (χ1) is 9.28. The third-order valence-corrected chi connectivity index (χ3v) is 3.09. The Kier molecular flexibility index (Phi) is 3.83. The Morgan fingerprint density at radius 1 is 1.15 bits per heavy atom. The van der Waals surface area contributed by atoms with Gasteiger partial charge in [-0.2, -0.15) is 13.2 Å². The maximum absolute atomic E-state index is 12.2. The molecule has 3 nitrogen and oxygen atoms in total. The van der Waals surface area contributed by atoms with Gasteiger partial charge in [-0.3, -0.25) is 0 Å². The molecule has 1 heterocycles. The Balaban J connectivity index is 2.40. The summed E-state index contributed by atoms with van der Waals surface area (Å²) in [6.45, 7) is 3.53. The summed E-state index contributed by atoms with van der Waals surface area (Å²) in [6.07, 6.45) is -4.92. The Bertz CT molecular complexity index is 638. The number of alkyl halides is 3. The summed E-state index contributed by atoms with van der Waals surface area (Å²) >= 11 is 0. The second-order valence-corrected chi connectivity index (χ2v) is 4.81. The van der Waals surface area contributed by atoms with Crippen LogP contribution in [0, 0.1) is 13.8 Å². The van der Waals surface area contributed by atoms with Gasteiger partial charge in [0.05, 0.1) is 16.6 Å². The molecule has 0 saturated carbocycles. The summed E-state index contributed by atoms with van der Waals surface area (Å²) in [5, 5.41) is 10.4. The van der Waals surface area contributed by atoms with Crippen molar-refractivity contribution in [1.29, 1.82) is 0 Å². The monoisotopic (exact) mass is 284 g/mol. The topological polar surface area (TPSA) is 46.0 Å². The molecule has 0 aliphatic heterocycles. The molecular formula is C14H15F3N2O. The summed E-state index contributed by atoms with van der Waals surface area (Å²) in [7, 11) is 0. The highest BCUT2D eigenvalue weighted by Gasteiger charge is 2.26. The van der Waals surface area contributed by atoms with E-state index in [1.165, 1.54) is 6.07 Å². The molecule has 0 amide bonds. The van der Waals surface area contributed by atoms with E-state index in [0.29, 0.717) is 22.4 Å². The molecule has 2 rings (SSSR count). The first kappa shape index (κ1) is 14.6. The van der Waals surface area contributed by atoms with Crippen molar-refractivity contribution in [2.75, 3.05) is 0 Å². The number of rotatable bonds is 3. The predicted molar refractivity (Wildman–Crippen MR) is 69.7 cm³/mol. The fourth-order valence-corrected chi connectivity index (χ4v) is 2.19. The van der Waals surface area contributed by atoms with Crippen LogP contribution in [0.25, 0.3) is 10.9 Å². The number of fused-ring (bicyclic) bond motifs is 1. The Morgan fingerprint density at radius 2 is 1.85 bits per heavy atom. The average Bonchev–Trinajstić information content (AvgIpc) is 2.32. The molecule has 6 heteroatoms. The molecule has 0 fully saturated rings. The maximum Gasteiger partial charge on any atom is 0.389 e. The zero-order chi connectivity index (χ0) is 14.9. The molecule has 1 N–H and O–H groups in total. The van der Waals surface area contributed by atoms with Crippen LogP contribution in [0.2, 0.25) is 0 Å². The third kappa shape index (κ3) is 3.18. The molecule has 0 saturated heterocycles. The fraction of sp³-hybridized carbons (Fsp3) is 0.429. The number of phenols is 1. The van der Waals surface area contributed by atoms with E-state index in [4.69, 9.17) is 0 Å². The number of phenolic OH excluding ortho intramolecular Hbond substituents is 1. The van der Waals surface area contributed by atoms with Gasteiger partial charge in [0.15, 0.2) is 0 Å². The van der Waals surface area contributed by atoms with Crippen molar-refractivity contribution in [1.82, 2.24) is 9.97 Å². The van der Waals surface area contributed by atoms with Crippen molar-refractivity contribution in [2.24, 2.45) is 0 Å². The number of aromatic nitrogens is 2. The van der Waals surface area contributed by atoms with Crippen LogP contribution < -0.4 is 0 Å². The lowest BCUT2D eigenvalue weighted by molar-refractivity contribution is -0.135. The van der Waals surface area contributed by atoms with Gasteiger partial charge in [0, 0.05) is 6.42 Å². The SMILES string of the molecule is Cc1nc(CCCC(F)(F)F)c2c(O)ccc(C)c2n1. The number of hydrogen-bond acceptors (Lipinski definition) is 3. The zero-order valence-electron chi connectivity index (χ0n) is 11.3. The first-order valence-corrected chi connectivity index (χ1v) is 6.30. The van der Waals surface area contributed by atoms with Crippen LogP contribution in [0.4, 0.5) is 13.2 Å². The van der Waals surface area contributed by atoms with Crippen molar-refractivity contribution >= 4 is 10.9 Å². The van der Waals surface area contributed by atoms with Crippen molar-refractivity contribution in [3.05, 3.63) is 29.2 Å². The Hall–Kier alpha value is -1.85. The highest BCUT2D eigenvalue weighted by molar-refractivity contribution is 5.89. The van der Waals surface area contributed by atoms with Gasteiger partial charge in [-0.25, -0.2) is 9.97 Å². The highest BCUT2D eigenvalue weighted by atomic mass is 19.4. The van der Waals surface area contributed by atoms with E-state index >= 15 is 0 Å². The molecule has 1 aromatic heterocycles. The third-order valence-electron chi connectivity index (χ3n) is 3.09. The highest BCUT2D eigenvalue weighted by Crippen LogP contribution is 2.30. The van der Waals surface area contributed by atoms with Gasteiger partial charge in [-0.15, -0.1) is 0 Å². The second-order valence-electron chi connectivity index (χ2n) is 4.81. The minimum atomic E-state index is -4.17. The van der Waals surface area contributed by atoms with Crippen LogP contribution in [0.3, 0.4) is 0 Å². The molecule has 2 aromatic rings. The Morgan fingerprint density at radius 3 is 2.50 bits per heavy atom. The normalized spacial score (nSPS) is 12.1. The largest absolute Gasteiger partial charge is 0.507 e. The van der Waals surface area contributed by atoms with Gasteiger partial charge < -0.3 is 5.11 Å². The molecule has 0 spiro atoms. The first-order valence-electron chi connectivity index (χ1n) is 6.30. The molecule has 0 aliphatic carbocycles. The number of aryl methyl sites for hydroxylation is 3. The van der Waals surface area contributed by atoms with E-state index < -0.39 is 12.6 Å². The van der Waals surface area contributed by atoms with E-state index in [0.717, 1.165) is 5.56 Å². The molecule has 1 aromatic carbocycles. The summed E-state index contributed by atoms with van der Waals surface area (Å²) in [5.41, 5.74) is 1.93. The molecule has 0 bridgehead atoms. The lowest BCUT2D eigenvalue weighted by Crippen LogP contribution is -2.08. The van der Waals surface area contributed by atoms with Gasteiger partial charge in [-0.1, -0.05) is 6.07 Å². The van der Waals surface area contributed by atoms with Crippen LogP contribution in [0.5, 0.6) is 5.75 Å². The van der Waals surface area contributed by atoms with Crippen LogP contribution >= 0.6 is 0 Å². The number of nitrogens with zero attached hydrogens (tertiary/aromatic N) is 2. The molecule has 20 heavy (non-hydrogen) atoms. The average molecular weight is 284 g/mol. The number of hydrogen-bond donors (Lipinski definition) is 1. The van der Waals surface area contributed by atoms with Gasteiger partial charge in [0.25, 0.3) is 0 Å². The van der Waals surface area contributed by atoms with E-state index in [1.54, 1.807) is 13.0 Å². The van der Waals surface area contributed by atoms with Gasteiger partial charge in [-0.05, 0) is 38.3 Å². The Labute approximate surface area is 114 Å². The van der Waals surface area contributed by atoms with Gasteiger partial charge in [0.2, 0.25) is 0 Å².